The molecule has 0 aliphatic rings. The molecule has 0 aliphatic heterocycles. The molecule has 1 rings (SSSR count). The maximum Gasteiger partial charge on any atom is 0.125 e. The van der Waals surface area contributed by atoms with E-state index in [2.05, 4.69) is 32.9 Å². The first-order valence-electron chi connectivity index (χ1n) is 5.04. The van der Waals surface area contributed by atoms with E-state index in [0.29, 0.717) is 19.1 Å². The molecule has 0 radical (unpaired) electrons. The Balaban J connectivity index is 2.66. The summed E-state index contributed by atoms with van der Waals surface area (Å²) in [4.78, 5) is 0. The molecule has 0 aromatic heterocycles. The van der Waals surface area contributed by atoms with Crippen molar-refractivity contribution in [3.05, 3.63) is 29.3 Å². The van der Waals surface area contributed by atoms with Crippen molar-refractivity contribution in [2.75, 3.05) is 13.2 Å². The van der Waals surface area contributed by atoms with Gasteiger partial charge >= 0.3 is 0 Å². The fourth-order valence-corrected chi connectivity index (χ4v) is 1.32. The van der Waals surface area contributed by atoms with E-state index < -0.39 is 0 Å². The Morgan fingerprint density at radius 2 is 1.86 bits per heavy atom. The predicted octanol–water partition coefficient (Wildman–Crippen LogP) is 2.28. The minimum Gasteiger partial charge on any atom is -0.493 e. The Labute approximate surface area is 86.1 Å². The van der Waals surface area contributed by atoms with Crippen molar-refractivity contribution in [3.8, 4) is 5.75 Å². The van der Waals surface area contributed by atoms with Crippen LogP contribution in [0.5, 0.6) is 5.75 Å². The van der Waals surface area contributed by atoms with Crippen molar-refractivity contribution in [3.63, 3.8) is 0 Å². The number of hydrogen-bond acceptors (Lipinski definition) is 2. The maximum absolute atomic E-state index is 5.74. The Kier molecular flexibility index (Phi) is 3.96. The molecular weight excluding hydrogens is 174 g/mol. The molecule has 1 aromatic rings. The van der Waals surface area contributed by atoms with Crippen molar-refractivity contribution in [1.82, 2.24) is 0 Å². The summed E-state index contributed by atoms with van der Waals surface area (Å²) in [5.41, 5.74) is 7.91. The molecule has 78 valence electrons. The number of rotatable bonds is 4. The molecule has 1 aromatic carbocycles. The van der Waals surface area contributed by atoms with E-state index in [4.69, 9.17) is 10.5 Å². The highest BCUT2D eigenvalue weighted by molar-refractivity contribution is 5.39. The number of hydrogen-bond donors (Lipinski definition) is 1. The van der Waals surface area contributed by atoms with Crippen LogP contribution in [0.25, 0.3) is 0 Å². The van der Waals surface area contributed by atoms with Crippen LogP contribution in [-0.2, 0) is 0 Å². The highest BCUT2D eigenvalue weighted by Gasteiger charge is 2.05. The normalized spacial score (nSPS) is 12.6. The lowest BCUT2D eigenvalue weighted by molar-refractivity contribution is 0.261. The summed E-state index contributed by atoms with van der Waals surface area (Å²) in [5.74, 6) is 1.42. The standard InChI is InChI=1S/C12H19NO/c1-9(7-13)8-14-12-10(2)5-4-6-11(12)3/h4-6,9H,7-8,13H2,1-3H3/t9-/m0/s1. The zero-order valence-corrected chi connectivity index (χ0v) is 9.21. The Morgan fingerprint density at radius 1 is 1.29 bits per heavy atom. The van der Waals surface area contributed by atoms with Gasteiger partial charge < -0.3 is 10.5 Å². The van der Waals surface area contributed by atoms with Gasteiger partial charge in [-0.25, -0.2) is 0 Å². The zero-order valence-electron chi connectivity index (χ0n) is 9.21. The van der Waals surface area contributed by atoms with Crippen LogP contribution in [0.3, 0.4) is 0 Å². The summed E-state index contributed by atoms with van der Waals surface area (Å²) in [6.45, 7) is 7.59. The third kappa shape index (κ3) is 2.74. The molecule has 2 nitrogen and oxygen atoms in total. The van der Waals surface area contributed by atoms with Crippen LogP contribution in [-0.4, -0.2) is 13.2 Å². The summed E-state index contributed by atoms with van der Waals surface area (Å²) in [6, 6.07) is 6.18. The average molecular weight is 193 g/mol. The molecule has 0 amide bonds. The van der Waals surface area contributed by atoms with Crippen molar-refractivity contribution in [2.45, 2.75) is 20.8 Å². The first kappa shape index (κ1) is 11.1. The van der Waals surface area contributed by atoms with Crippen LogP contribution >= 0.6 is 0 Å². The van der Waals surface area contributed by atoms with Crippen LogP contribution in [0, 0.1) is 19.8 Å². The molecule has 0 unspecified atom stereocenters. The monoisotopic (exact) mass is 193 g/mol. The highest BCUT2D eigenvalue weighted by Crippen LogP contribution is 2.22. The number of para-hydroxylation sites is 1. The van der Waals surface area contributed by atoms with Crippen molar-refractivity contribution in [2.24, 2.45) is 11.7 Å². The van der Waals surface area contributed by atoms with Gasteiger partial charge in [-0.1, -0.05) is 25.1 Å². The van der Waals surface area contributed by atoms with Crippen LogP contribution in [0.1, 0.15) is 18.1 Å². The lowest BCUT2D eigenvalue weighted by atomic mass is 10.1. The molecule has 0 aliphatic carbocycles. The fourth-order valence-electron chi connectivity index (χ4n) is 1.32. The topological polar surface area (TPSA) is 35.2 Å². The smallest absolute Gasteiger partial charge is 0.125 e. The van der Waals surface area contributed by atoms with Gasteiger partial charge in [0.2, 0.25) is 0 Å². The van der Waals surface area contributed by atoms with E-state index in [1.54, 1.807) is 0 Å². The van der Waals surface area contributed by atoms with E-state index in [1.165, 1.54) is 11.1 Å². The number of aryl methyl sites for hydroxylation is 2. The maximum atomic E-state index is 5.74. The van der Waals surface area contributed by atoms with Gasteiger partial charge in [-0.15, -0.1) is 0 Å². The molecule has 0 bridgehead atoms. The Bertz CT molecular complexity index is 276. The molecule has 0 saturated carbocycles. The van der Waals surface area contributed by atoms with E-state index in [0.717, 1.165) is 5.75 Å². The third-order valence-electron chi connectivity index (χ3n) is 2.32. The lowest BCUT2D eigenvalue weighted by Crippen LogP contribution is -2.18. The van der Waals surface area contributed by atoms with Crippen LogP contribution in [0.15, 0.2) is 18.2 Å². The highest BCUT2D eigenvalue weighted by atomic mass is 16.5. The first-order valence-corrected chi connectivity index (χ1v) is 5.04. The third-order valence-corrected chi connectivity index (χ3v) is 2.32. The molecule has 1 atom stereocenters. The first-order chi connectivity index (χ1) is 6.65. The van der Waals surface area contributed by atoms with E-state index in [9.17, 15) is 0 Å². The van der Waals surface area contributed by atoms with Gasteiger partial charge in [0.05, 0.1) is 6.61 Å². The van der Waals surface area contributed by atoms with Crippen molar-refractivity contribution in [1.29, 1.82) is 0 Å². The van der Waals surface area contributed by atoms with Gasteiger partial charge in [0, 0.05) is 5.92 Å². The molecule has 0 spiro atoms. The van der Waals surface area contributed by atoms with Gasteiger partial charge in [0.15, 0.2) is 0 Å². The van der Waals surface area contributed by atoms with Crippen LogP contribution in [0.4, 0.5) is 0 Å². The van der Waals surface area contributed by atoms with Gasteiger partial charge in [0.25, 0.3) is 0 Å². The Hall–Kier alpha value is -1.02. The van der Waals surface area contributed by atoms with Crippen LogP contribution in [0.2, 0.25) is 0 Å². The van der Waals surface area contributed by atoms with E-state index in [1.807, 2.05) is 6.07 Å². The fraction of sp³-hybridized carbons (Fsp3) is 0.500. The van der Waals surface area contributed by atoms with Gasteiger partial charge in [-0.05, 0) is 31.5 Å². The van der Waals surface area contributed by atoms with E-state index in [-0.39, 0.29) is 0 Å². The summed E-state index contributed by atoms with van der Waals surface area (Å²) < 4.78 is 5.74. The summed E-state index contributed by atoms with van der Waals surface area (Å²) in [5, 5.41) is 0. The molecule has 2 N–H and O–H groups in total. The van der Waals surface area contributed by atoms with Gasteiger partial charge in [0.1, 0.15) is 5.75 Å². The Morgan fingerprint density at radius 3 is 2.36 bits per heavy atom. The minimum atomic E-state index is 0.411. The second-order valence-corrected chi connectivity index (χ2v) is 3.87. The molecule has 0 heterocycles. The molecular formula is C12H19NO. The second-order valence-electron chi connectivity index (χ2n) is 3.87. The second kappa shape index (κ2) is 5.01. The molecule has 0 saturated heterocycles. The number of ether oxygens (including phenoxy) is 1. The predicted molar refractivity (Wildman–Crippen MR) is 59.6 cm³/mol. The average Bonchev–Trinajstić information content (AvgIpc) is 2.16. The van der Waals surface area contributed by atoms with Gasteiger partial charge in [-0.2, -0.15) is 0 Å². The molecule has 2 heteroatoms. The largest absolute Gasteiger partial charge is 0.493 e. The van der Waals surface area contributed by atoms with Crippen molar-refractivity contribution < 1.29 is 4.74 Å². The minimum absolute atomic E-state index is 0.411. The quantitative estimate of drug-likeness (QED) is 0.796. The lowest BCUT2D eigenvalue weighted by Gasteiger charge is -2.14. The summed E-state index contributed by atoms with van der Waals surface area (Å²) in [7, 11) is 0. The SMILES string of the molecule is Cc1cccc(C)c1OC[C@@H](C)CN. The van der Waals surface area contributed by atoms with Gasteiger partial charge in [-0.3, -0.25) is 0 Å². The zero-order chi connectivity index (χ0) is 10.6. The van der Waals surface area contributed by atoms with Crippen LogP contribution < -0.4 is 10.5 Å². The number of benzene rings is 1. The van der Waals surface area contributed by atoms with Crippen molar-refractivity contribution >= 4 is 0 Å². The summed E-state index contributed by atoms with van der Waals surface area (Å²) >= 11 is 0. The number of nitrogens with two attached hydrogens (primary N) is 1. The summed E-state index contributed by atoms with van der Waals surface area (Å²) in [6.07, 6.45) is 0. The molecule has 14 heavy (non-hydrogen) atoms. The van der Waals surface area contributed by atoms with E-state index >= 15 is 0 Å². The molecule has 0 fully saturated rings.